The fourth-order valence-electron chi connectivity index (χ4n) is 2.55. The lowest BCUT2D eigenvalue weighted by atomic mass is 10.1. The Bertz CT molecular complexity index is 894. The predicted octanol–water partition coefficient (Wildman–Crippen LogP) is 4.13. The summed E-state index contributed by atoms with van der Waals surface area (Å²) in [5.41, 5.74) is 1.77. The molecule has 1 amide bonds. The molecule has 0 unspecified atom stereocenters. The highest BCUT2D eigenvalue weighted by Crippen LogP contribution is 2.17. The molecular weight excluding hydrogens is 410 g/mol. The summed E-state index contributed by atoms with van der Waals surface area (Å²) in [6.07, 6.45) is 1.73. The maximum Gasteiger partial charge on any atom is 0.329 e. The van der Waals surface area contributed by atoms with Crippen LogP contribution in [0.4, 0.5) is 0 Å². The van der Waals surface area contributed by atoms with E-state index in [1.54, 1.807) is 12.1 Å². The Balaban J connectivity index is 1.70. The molecular formula is C21H18BrNO4. The Morgan fingerprint density at radius 3 is 2.44 bits per heavy atom. The summed E-state index contributed by atoms with van der Waals surface area (Å²) >= 11 is 3.43. The van der Waals surface area contributed by atoms with E-state index >= 15 is 0 Å². The van der Waals surface area contributed by atoms with Gasteiger partial charge in [0, 0.05) is 16.5 Å². The van der Waals surface area contributed by atoms with E-state index in [1.165, 1.54) is 6.26 Å². The highest BCUT2D eigenvalue weighted by atomic mass is 79.9. The fraction of sp³-hybridized carbons (Fsp3) is 0.143. The molecule has 0 fully saturated rings. The van der Waals surface area contributed by atoms with E-state index in [-0.39, 0.29) is 12.4 Å². The molecule has 1 atom stereocenters. The van der Waals surface area contributed by atoms with Gasteiger partial charge in [0.1, 0.15) is 12.6 Å². The van der Waals surface area contributed by atoms with Gasteiger partial charge in [-0.05, 0) is 23.8 Å². The smallest absolute Gasteiger partial charge is 0.329 e. The molecule has 0 aliphatic heterocycles. The predicted molar refractivity (Wildman–Crippen MR) is 104 cm³/mol. The molecule has 1 heterocycles. The molecule has 3 rings (SSSR count). The number of halogens is 1. The topological polar surface area (TPSA) is 68.5 Å². The van der Waals surface area contributed by atoms with Crippen LogP contribution in [0.2, 0.25) is 0 Å². The Hall–Kier alpha value is -2.86. The quantitative estimate of drug-likeness (QED) is 0.575. The standard InChI is InChI=1S/C21H18BrNO4/c22-17-10-5-4-9-16(17)14-27-21(25)18(13-15-7-2-1-3-8-15)23-20(24)19-11-6-12-26-19/h1-12,18H,13-14H2,(H,23,24)/t18-/m0/s1. The van der Waals surface area contributed by atoms with Crippen molar-refractivity contribution in [2.45, 2.75) is 19.1 Å². The monoisotopic (exact) mass is 427 g/mol. The average molecular weight is 428 g/mol. The van der Waals surface area contributed by atoms with Crippen molar-refractivity contribution in [3.63, 3.8) is 0 Å². The van der Waals surface area contributed by atoms with E-state index < -0.39 is 17.9 Å². The van der Waals surface area contributed by atoms with Gasteiger partial charge in [-0.3, -0.25) is 4.79 Å². The highest BCUT2D eigenvalue weighted by molar-refractivity contribution is 9.10. The van der Waals surface area contributed by atoms with Crippen molar-refractivity contribution in [1.82, 2.24) is 5.32 Å². The van der Waals surface area contributed by atoms with Gasteiger partial charge < -0.3 is 14.5 Å². The van der Waals surface area contributed by atoms with Gasteiger partial charge in [-0.25, -0.2) is 4.79 Å². The van der Waals surface area contributed by atoms with Crippen LogP contribution in [0.5, 0.6) is 0 Å². The van der Waals surface area contributed by atoms with Gasteiger partial charge in [0.05, 0.1) is 6.26 Å². The molecule has 0 spiro atoms. The van der Waals surface area contributed by atoms with Gasteiger partial charge in [-0.2, -0.15) is 0 Å². The summed E-state index contributed by atoms with van der Waals surface area (Å²) in [6.45, 7) is 0.113. The summed E-state index contributed by atoms with van der Waals surface area (Å²) in [6, 6.07) is 19.3. The Kier molecular flexibility index (Phi) is 6.44. The first-order valence-corrected chi connectivity index (χ1v) is 9.21. The third-order valence-electron chi connectivity index (χ3n) is 3.95. The summed E-state index contributed by atoms with van der Waals surface area (Å²) in [5, 5.41) is 2.70. The summed E-state index contributed by atoms with van der Waals surface area (Å²) in [4.78, 5) is 25.0. The molecule has 1 aromatic heterocycles. The van der Waals surface area contributed by atoms with Crippen molar-refractivity contribution in [1.29, 1.82) is 0 Å². The number of amides is 1. The Morgan fingerprint density at radius 1 is 1.00 bits per heavy atom. The van der Waals surface area contributed by atoms with Crippen LogP contribution in [0.15, 0.2) is 81.9 Å². The zero-order valence-corrected chi connectivity index (χ0v) is 16.0. The lowest BCUT2D eigenvalue weighted by molar-refractivity contribution is -0.147. The number of hydrogen-bond donors (Lipinski definition) is 1. The van der Waals surface area contributed by atoms with Gasteiger partial charge in [-0.1, -0.05) is 64.5 Å². The minimum atomic E-state index is -0.826. The lowest BCUT2D eigenvalue weighted by Crippen LogP contribution is -2.43. The van der Waals surface area contributed by atoms with E-state index in [0.29, 0.717) is 6.42 Å². The third kappa shape index (κ3) is 5.31. The van der Waals surface area contributed by atoms with Crippen molar-refractivity contribution in [3.8, 4) is 0 Å². The molecule has 0 radical (unpaired) electrons. The molecule has 5 nitrogen and oxygen atoms in total. The third-order valence-corrected chi connectivity index (χ3v) is 4.72. The van der Waals surface area contributed by atoms with E-state index in [2.05, 4.69) is 21.2 Å². The number of ether oxygens (including phenoxy) is 1. The summed E-state index contributed by atoms with van der Waals surface area (Å²) in [5.74, 6) is -0.819. The van der Waals surface area contributed by atoms with Crippen molar-refractivity contribution in [3.05, 3.63) is 94.4 Å². The highest BCUT2D eigenvalue weighted by Gasteiger charge is 2.24. The second-order valence-electron chi connectivity index (χ2n) is 5.89. The maximum atomic E-state index is 12.7. The fourth-order valence-corrected chi connectivity index (χ4v) is 2.94. The number of benzene rings is 2. The van der Waals surface area contributed by atoms with Crippen LogP contribution >= 0.6 is 15.9 Å². The minimum Gasteiger partial charge on any atom is -0.459 e. The minimum absolute atomic E-state index is 0.113. The van der Waals surface area contributed by atoms with Crippen LogP contribution in [0, 0.1) is 0 Å². The summed E-state index contributed by atoms with van der Waals surface area (Å²) < 4.78 is 11.4. The second kappa shape index (κ2) is 9.19. The molecule has 1 N–H and O–H groups in total. The lowest BCUT2D eigenvalue weighted by Gasteiger charge is -2.17. The molecule has 2 aromatic carbocycles. The first-order chi connectivity index (χ1) is 13.1. The van der Waals surface area contributed by atoms with E-state index in [9.17, 15) is 9.59 Å². The number of esters is 1. The molecule has 0 bridgehead atoms. The maximum absolute atomic E-state index is 12.7. The molecule has 27 heavy (non-hydrogen) atoms. The summed E-state index contributed by atoms with van der Waals surface area (Å²) in [7, 11) is 0. The first-order valence-electron chi connectivity index (χ1n) is 8.42. The van der Waals surface area contributed by atoms with Gasteiger partial charge >= 0.3 is 5.97 Å². The number of nitrogens with one attached hydrogen (secondary N) is 1. The zero-order chi connectivity index (χ0) is 19.1. The first kappa shape index (κ1) is 18.9. The van der Waals surface area contributed by atoms with Gasteiger partial charge in [-0.15, -0.1) is 0 Å². The van der Waals surface area contributed by atoms with E-state index in [0.717, 1.165) is 15.6 Å². The average Bonchev–Trinajstić information content (AvgIpc) is 3.22. The van der Waals surface area contributed by atoms with Crippen LogP contribution in [-0.4, -0.2) is 17.9 Å². The Labute approximate surface area is 165 Å². The molecule has 0 aliphatic carbocycles. The SMILES string of the molecule is O=C(N[C@@H](Cc1ccccc1)C(=O)OCc1ccccc1Br)c1ccco1. The van der Waals surface area contributed by atoms with Crippen molar-refractivity contribution >= 4 is 27.8 Å². The van der Waals surface area contributed by atoms with Crippen molar-refractivity contribution in [2.75, 3.05) is 0 Å². The molecule has 0 aliphatic rings. The number of hydrogen-bond acceptors (Lipinski definition) is 4. The van der Waals surface area contributed by atoms with Gasteiger partial charge in [0.15, 0.2) is 5.76 Å². The van der Waals surface area contributed by atoms with Crippen LogP contribution in [-0.2, 0) is 22.6 Å². The Morgan fingerprint density at radius 2 is 1.74 bits per heavy atom. The number of rotatable bonds is 7. The zero-order valence-electron chi connectivity index (χ0n) is 14.4. The van der Waals surface area contributed by atoms with Gasteiger partial charge in [0.2, 0.25) is 0 Å². The number of carbonyl (C=O) groups is 2. The molecule has 0 saturated heterocycles. The van der Waals surface area contributed by atoms with Gasteiger partial charge in [0.25, 0.3) is 5.91 Å². The van der Waals surface area contributed by atoms with Crippen LogP contribution in [0.25, 0.3) is 0 Å². The van der Waals surface area contributed by atoms with Crippen LogP contribution in [0.3, 0.4) is 0 Å². The second-order valence-corrected chi connectivity index (χ2v) is 6.75. The molecule has 3 aromatic rings. The van der Waals surface area contributed by atoms with Crippen LogP contribution in [0.1, 0.15) is 21.7 Å². The largest absolute Gasteiger partial charge is 0.459 e. The van der Waals surface area contributed by atoms with E-state index in [4.69, 9.17) is 9.15 Å². The van der Waals surface area contributed by atoms with E-state index in [1.807, 2.05) is 54.6 Å². The van der Waals surface area contributed by atoms with Crippen molar-refractivity contribution < 1.29 is 18.7 Å². The number of furan rings is 1. The molecule has 0 saturated carbocycles. The van der Waals surface area contributed by atoms with Crippen molar-refractivity contribution in [2.24, 2.45) is 0 Å². The van der Waals surface area contributed by atoms with Crippen LogP contribution < -0.4 is 5.32 Å². The molecule has 138 valence electrons. The molecule has 6 heteroatoms. The number of carbonyl (C=O) groups excluding carboxylic acids is 2. The normalized spacial score (nSPS) is 11.6.